The van der Waals surface area contributed by atoms with Crippen molar-refractivity contribution in [1.82, 2.24) is 29.7 Å². The number of imidazole rings is 2. The highest BCUT2D eigenvalue weighted by Crippen LogP contribution is 2.34. The number of hydrogen-bond acceptors (Lipinski definition) is 6. The van der Waals surface area contributed by atoms with E-state index in [0.29, 0.717) is 25.5 Å². The summed E-state index contributed by atoms with van der Waals surface area (Å²) in [5.41, 5.74) is 2.77. The lowest BCUT2D eigenvalue weighted by Gasteiger charge is -2.27. The Bertz CT molecular complexity index is 1950. The SMILES string of the molecule is CCCN(Cc1ncc(-c2ccc3cc4cc(-c5cnc([C@@H]6CCCN6C(=O)OC(C)(C)C)[nH]5)ccc4cc3c2)[nH]1)C(=O)OC(C)(C)C. The van der Waals surface area contributed by atoms with Crippen molar-refractivity contribution in [1.29, 1.82) is 0 Å². The van der Waals surface area contributed by atoms with Gasteiger partial charge in [0.15, 0.2) is 0 Å². The number of nitrogens with zero attached hydrogens (tertiary/aromatic N) is 4. The van der Waals surface area contributed by atoms with E-state index in [0.717, 1.165) is 69.1 Å². The fourth-order valence-corrected chi connectivity index (χ4v) is 6.18. The molecule has 0 aliphatic carbocycles. The smallest absolute Gasteiger partial charge is 0.410 e. The minimum Gasteiger partial charge on any atom is -0.444 e. The Hall–Kier alpha value is -4.86. The maximum atomic E-state index is 12.8. The van der Waals surface area contributed by atoms with Gasteiger partial charge in [-0.2, -0.15) is 0 Å². The van der Waals surface area contributed by atoms with Crippen molar-refractivity contribution in [2.45, 2.75) is 91.5 Å². The molecule has 0 saturated carbocycles. The van der Waals surface area contributed by atoms with Crippen LogP contribution in [0.2, 0.25) is 0 Å². The minimum atomic E-state index is -0.557. The van der Waals surface area contributed by atoms with Gasteiger partial charge in [0.25, 0.3) is 0 Å². The third kappa shape index (κ3) is 7.48. The number of H-pyrrole nitrogens is 2. The van der Waals surface area contributed by atoms with Crippen LogP contribution in [-0.4, -0.2) is 66.2 Å². The number of ether oxygens (including phenoxy) is 2. The number of nitrogens with one attached hydrogen (secondary N) is 2. The molecule has 1 fully saturated rings. The van der Waals surface area contributed by atoms with Gasteiger partial charge < -0.3 is 24.3 Å². The number of carbonyl (C=O) groups is 2. The predicted molar refractivity (Wildman–Crippen MR) is 188 cm³/mol. The summed E-state index contributed by atoms with van der Waals surface area (Å²) in [6.07, 6.45) is 5.62. The van der Waals surface area contributed by atoms with Gasteiger partial charge in [0.1, 0.15) is 22.9 Å². The molecule has 0 unspecified atom stereocenters. The Morgan fingerprint density at radius 3 is 2.04 bits per heavy atom. The summed E-state index contributed by atoms with van der Waals surface area (Å²) >= 11 is 0. The van der Waals surface area contributed by atoms with Gasteiger partial charge in [-0.05, 0) is 107 Å². The van der Waals surface area contributed by atoms with E-state index in [9.17, 15) is 9.59 Å². The molecule has 252 valence electrons. The molecule has 10 nitrogen and oxygen atoms in total. The molecular formula is C38H46N6O4. The number of carbonyl (C=O) groups excluding carboxylic acids is 2. The van der Waals surface area contributed by atoms with Gasteiger partial charge >= 0.3 is 12.2 Å². The van der Waals surface area contributed by atoms with Crippen molar-refractivity contribution in [3.05, 3.63) is 72.6 Å². The van der Waals surface area contributed by atoms with Crippen LogP contribution in [0.3, 0.4) is 0 Å². The summed E-state index contributed by atoms with van der Waals surface area (Å²) in [5, 5.41) is 4.51. The van der Waals surface area contributed by atoms with E-state index in [1.807, 2.05) is 60.9 Å². The van der Waals surface area contributed by atoms with Crippen molar-refractivity contribution < 1.29 is 19.1 Å². The second-order valence-corrected chi connectivity index (χ2v) is 14.6. The zero-order valence-corrected chi connectivity index (χ0v) is 29.0. The quantitative estimate of drug-likeness (QED) is 0.170. The monoisotopic (exact) mass is 650 g/mol. The molecule has 1 saturated heterocycles. The van der Waals surface area contributed by atoms with Crippen LogP contribution in [0.15, 0.2) is 60.9 Å². The zero-order valence-electron chi connectivity index (χ0n) is 29.0. The number of aromatic nitrogens is 4. The summed E-state index contributed by atoms with van der Waals surface area (Å²) in [5.74, 6) is 1.49. The van der Waals surface area contributed by atoms with Gasteiger partial charge in [0.05, 0.1) is 36.4 Å². The summed E-state index contributed by atoms with van der Waals surface area (Å²) in [6, 6.07) is 17.1. The maximum Gasteiger partial charge on any atom is 0.410 e. The van der Waals surface area contributed by atoms with Crippen molar-refractivity contribution in [3.8, 4) is 22.5 Å². The van der Waals surface area contributed by atoms with E-state index in [1.165, 1.54) is 0 Å². The molecule has 2 aromatic heterocycles. The van der Waals surface area contributed by atoms with Crippen molar-refractivity contribution in [3.63, 3.8) is 0 Å². The van der Waals surface area contributed by atoms with Crippen LogP contribution in [0.25, 0.3) is 44.1 Å². The molecular weight excluding hydrogens is 604 g/mol. The molecule has 10 heteroatoms. The Balaban J connectivity index is 1.19. The van der Waals surface area contributed by atoms with E-state index in [-0.39, 0.29) is 18.2 Å². The lowest BCUT2D eigenvalue weighted by Crippen LogP contribution is -2.37. The maximum absolute atomic E-state index is 12.8. The Morgan fingerprint density at radius 1 is 0.833 bits per heavy atom. The van der Waals surface area contributed by atoms with Crippen LogP contribution < -0.4 is 0 Å². The average Bonchev–Trinajstić information content (AvgIpc) is 3.79. The first-order valence-electron chi connectivity index (χ1n) is 16.8. The van der Waals surface area contributed by atoms with Gasteiger partial charge in [-0.15, -0.1) is 0 Å². The molecule has 48 heavy (non-hydrogen) atoms. The molecule has 2 amide bonds. The molecule has 1 aliphatic rings. The lowest BCUT2D eigenvalue weighted by molar-refractivity contribution is 0.0212. The Morgan fingerprint density at radius 2 is 1.44 bits per heavy atom. The molecule has 3 heterocycles. The highest BCUT2D eigenvalue weighted by atomic mass is 16.6. The zero-order chi connectivity index (χ0) is 34.2. The van der Waals surface area contributed by atoms with Gasteiger partial charge in [0, 0.05) is 24.2 Å². The van der Waals surface area contributed by atoms with Gasteiger partial charge in [-0.25, -0.2) is 19.6 Å². The third-order valence-corrected chi connectivity index (χ3v) is 8.32. The average molecular weight is 651 g/mol. The number of fused-ring (bicyclic) bond motifs is 2. The van der Waals surface area contributed by atoms with Crippen molar-refractivity contribution >= 4 is 33.7 Å². The van der Waals surface area contributed by atoms with Crippen LogP contribution in [0.5, 0.6) is 0 Å². The normalized spacial score (nSPS) is 15.3. The van der Waals surface area contributed by atoms with E-state index in [4.69, 9.17) is 9.47 Å². The van der Waals surface area contributed by atoms with Gasteiger partial charge in [0.2, 0.25) is 0 Å². The standard InChI is InChI=1S/C38H46N6O4/c1-8-15-43(35(45)47-37(2,3)4)23-33-39-21-30(41-33)26-13-11-24-18-29-20-27(14-12-25(29)17-28(24)19-26)31-22-40-34(42-31)32-10-9-16-44(32)36(46)48-38(5,6)7/h11-14,17-22,32H,8-10,15-16,23H2,1-7H3,(H,39,41)(H,40,42)/t32-/m0/s1. The second kappa shape index (κ2) is 13.0. The Labute approximate surface area is 281 Å². The lowest BCUT2D eigenvalue weighted by atomic mass is 9.99. The first-order chi connectivity index (χ1) is 22.8. The molecule has 0 spiro atoms. The molecule has 1 aliphatic heterocycles. The highest BCUT2D eigenvalue weighted by molar-refractivity contribution is 6.00. The number of rotatable bonds is 7. The number of amides is 2. The molecule has 3 aromatic carbocycles. The van der Waals surface area contributed by atoms with Crippen LogP contribution in [0.1, 0.15) is 85.4 Å². The van der Waals surface area contributed by atoms with Crippen LogP contribution in [0.4, 0.5) is 9.59 Å². The second-order valence-electron chi connectivity index (χ2n) is 14.6. The molecule has 5 aromatic rings. The number of hydrogen-bond donors (Lipinski definition) is 2. The summed E-state index contributed by atoms with van der Waals surface area (Å²) in [4.78, 5) is 45.2. The molecule has 0 radical (unpaired) electrons. The molecule has 1 atom stereocenters. The molecule has 6 rings (SSSR count). The predicted octanol–water partition coefficient (Wildman–Crippen LogP) is 8.99. The van der Waals surface area contributed by atoms with Crippen LogP contribution in [-0.2, 0) is 16.0 Å². The molecule has 0 bridgehead atoms. The largest absolute Gasteiger partial charge is 0.444 e. The first kappa shape index (κ1) is 33.1. The minimum absolute atomic E-state index is 0.126. The first-order valence-corrected chi connectivity index (χ1v) is 16.8. The topological polar surface area (TPSA) is 116 Å². The van der Waals surface area contributed by atoms with E-state index < -0.39 is 11.2 Å². The van der Waals surface area contributed by atoms with Crippen molar-refractivity contribution in [2.75, 3.05) is 13.1 Å². The number of benzene rings is 3. The fourth-order valence-electron chi connectivity index (χ4n) is 6.18. The van der Waals surface area contributed by atoms with E-state index in [1.54, 1.807) is 9.80 Å². The number of aromatic amines is 2. The van der Waals surface area contributed by atoms with Crippen LogP contribution >= 0.6 is 0 Å². The Kier molecular flexibility index (Phi) is 8.94. The van der Waals surface area contributed by atoms with Crippen molar-refractivity contribution in [2.24, 2.45) is 0 Å². The number of likely N-dealkylation sites (tertiary alicyclic amines) is 1. The van der Waals surface area contributed by atoms with Gasteiger partial charge in [-0.3, -0.25) is 4.90 Å². The van der Waals surface area contributed by atoms with E-state index in [2.05, 4.69) is 68.5 Å². The summed E-state index contributed by atoms with van der Waals surface area (Å²) < 4.78 is 11.2. The summed E-state index contributed by atoms with van der Waals surface area (Å²) in [7, 11) is 0. The molecule has 2 N–H and O–H groups in total. The highest BCUT2D eigenvalue weighted by Gasteiger charge is 2.35. The fraction of sp³-hybridized carbons (Fsp3) is 0.421. The van der Waals surface area contributed by atoms with Gasteiger partial charge in [-0.1, -0.05) is 31.2 Å². The van der Waals surface area contributed by atoms with Crippen LogP contribution in [0, 0.1) is 0 Å². The summed E-state index contributed by atoms with van der Waals surface area (Å²) in [6.45, 7) is 14.9. The van der Waals surface area contributed by atoms with E-state index >= 15 is 0 Å². The third-order valence-electron chi connectivity index (χ3n) is 8.32.